The van der Waals surface area contributed by atoms with Crippen LogP contribution in [0.5, 0.6) is 5.75 Å². The molecule has 2 saturated heterocycles. The molecule has 3 aliphatic rings. The fraction of sp³-hybridized carbons (Fsp3) is 0.478. The number of aromatic hydroxyl groups is 1. The van der Waals surface area contributed by atoms with Crippen LogP contribution in [0, 0.1) is 5.82 Å². The second kappa shape index (κ2) is 8.08. The molecule has 0 spiro atoms. The third-order valence-electron chi connectivity index (χ3n) is 7.02. The summed E-state index contributed by atoms with van der Waals surface area (Å²) >= 11 is 0. The van der Waals surface area contributed by atoms with Gasteiger partial charge in [-0.05, 0) is 39.0 Å². The number of urea groups is 1. The molecule has 34 heavy (non-hydrogen) atoms. The number of fused-ring (bicyclic) bond motifs is 3. The van der Waals surface area contributed by atoms with Crippen LogP contribution in [-0.2, 0) is 4.79 Å². The van der Waals surface area contributed by atoms with Crippen molar-refractivity contribution in [1.29, 1.82) is 0 Å². The average Bonchev–Trinajstić information content (AvgIpc) is 2.82. The maximum absolute atomic E-state index is 13.9. The van der Waals surface area contributed by atoms with Gasteiger partial charge >= 0.3 is 6.03 Å². The predicted octanol–water partition coefficient (Wildman–Crippen LogP) is 1.62. The summed E-state index contributed by atoms with van der Waals surface area (Å²) in [5.74, 6) is -1.23. The van der Waals surface area contributed by atoms with Gasteiger partial charge in [0.05, 0.1) is 17.9 Å². The van der Waals surface area contributed by atoms with Gasteiger partial charge in [-0.25, -0.2) is 9.18 Å². The summed E-state index contributed by atoms with van der Waals surface area (Å²) in [6, 6.07) is 6.09. The van der Waals surface area contributed by atoms with Crippen molar-refractivity contribution < 1.29 is 19.1 Å². The summed E-state index contributed by atoms with van der Waals surface area (Å²) in [7, 11) is 0. The van der Waals surface area contributed by atoms with E-state index in [0.717, 1.165) is 12.6 Å². The molecule has 180 valence electrons. The van der Waals surface area contributed by atoms with E-state index >= 15 is 0 Å². The number of nitrogens with one attached hydrogen (secondary N) is 2. The highest BCUT2D eigenvalue weighted by Gasteiger charge is 2.50. The van der Waals surface area contributed by atoms with Gasteiger partial charge in [0.15, 0.2) is 17.4 Å². The number of piperazine rings is 2. The van der Waals surface area contributed by atoms with E-state index in [1.807, 2.05) is 23.6 Å². The van der Waals surface area contributed by atoms with Crippen LogP contribution in [-0.4, -0.2) is 87.4 Å². The molecule has 2 aromatic rings. The molecule has 3 aliphatic heterocycles. The first-order chi connectivity index (χ1) is 16.2. The number of carbonyl (C=O) groups excluding carboxylic acids is 2. The molecular weight excluding hydrogens is 441 g/mol. The number of hydrogen-bond donors (Lipinski definition) is 3. The zero-order chi connectivity index (χ0) is 24.2. The van der Waals surface area contributed by atoms with E-state index in [0.29, 0.717) is 31.1 Å². The number of phenolic OH excluding ortho intramolecular Hbond substituents is 1. The third kappa shape index (κ3) is 3.51. The van der Waals surface area contributed by atoms with Crippen molar-refractivity contribution in [2.75, 3.05) is 42.9 Å². The van der Waals surface area contributed by atoms with Crippen molar-refractivity contribution in [2.24, 2.45) is 0 Å². The molecule has 0 saturated carbocycles. The molecule has 3 amide bonds. The van der Waals surface area contributed by atoms with E-state index in [2.05, 4.69) is 20.8 Å². The smallest absolute Gasteiger partial charge is 0.320 e. The van der Waals surface area contributed by atoms with Crippen molar-refractivity contribution in [2.45, 2.75) is 38.4 Å². The van der Waals surface area contributed by atoms with Crippen LogP contribution < -0.4 is 15.5 Å². The number of benzene rings is 1. The van der Waals surface area contributed by atoms with Crippen LogP contribution in [0.1, 0.15) is 20.8 Å². The minimum atomic E-state index is -1.02. The number of rotatable bonds is 1. The Labute approximate surface area is 196 Å². The SMILES string of the molecule is C[C@@H]1CN[C@@H](C)CN1C(=O)N1CCN2c3cc(-c4cccc(F)c4O)nnc3NC(=O)C2(C)C1. The van der Waals surface area contributed by atoms with Gasteiger partial charge in [0.2, 0.25) is 0 Å². The Kier molecular flexibility index (Phi) is 5.31. The van der Waals surface area contributed by atoms with Crippen molar-refractivity contribution >= 4 is 23.4 Å². The summed E-state index contributed by atoms with van der Waals surface area (Å²) < 4.78 is 13.9. The Morgan fingerprint density at radius 3 is 2.85 bits per heavy atom. The lowest BCUT2D eigenvalue weighted by Gasteiger charge is -2.52. The van der Waals surface area contributed by atoms with Gasteiger partial charge in [-0.15, -0.1) is 10.2 Å². The highest BCUT2D eigenvalue weighted by molar-refractivity contribution is 6.06. The number of carbonyl (C=O) groups is 2. The summed E-state index contributed by atoms with van der Waals surface area (Å²) in [6.45, 7) is 8.27. The monoisotopic (exact) mass is 469 g/mol. The van der Waals surface area contributed by atoms with Crippen molar-refractivity contribution in [1.82, 2.24) is 25.3 Å². The Morgan fingerprint density at radius 2 is 2.06 bits per heavy atom. The average molecular weight is 470 g/mol. The zero-order valence-electron chi connectivity index (χ0n) is 19.4. The maximum atomic E-state index is 13.9. The quantitative estimate of drug-likeness (QED) is 0.582. The Balaban J connectivity index is 1.45. The first-order valence-electron chi connectivity index (χ1n) is 11.4. The van der Waals surface area contributed by atoms with Gasteiger partial charge in [-0.1, -0.05) is 6.07 Å². The number of anilines is 2. The van der Waals surface area contributed by atoms with Crippen LogP contribution in [0.2, 0.25) is 0 Å². The van der Waals surface area contributed by atoms with Gasteiger partial charge in [-0.3, -0.25) is 4.79 Å². The van der Waals surface area contributed by atoms with Crippen LogP contribution in [0.3, 0.4) is 0 Å². The van der Waals surface area contributed by atoms with Crippen LogP contribution in [0.4, 0.5) is 20.7 Å². The van der Waals surface area contributed by atoms with Crippen molar-refractivity contribution in [3.8, 4) is 17.0 Å². The predicted molar refractivity (Wildman–Crippen MR) is 124 cm³/mol. The summed E-state index contributed by atoms with van der Waals surface area (Å²) in [5.41, 5.74) is 0.0987. The first-order valence-corrected chi connectivity index (χ1v) is 11.4. The van der Waals surface area contributed by atoms with Crippen LogP contribution >= 0.6 is 0 Å². The fourth-order valence-corrected chi connectivity index (χ4v) is 4.99. The number of nitrogens with zero attached hydrogens (tertiary/aromatic N) is 5. The molecule has 1 aromatic heterocycles. The highest BCUT2D eigenvalue weighted by atomic mass is 19.1. The van der Waals surface area contributed by atoms with E-state index < -0.39 is 17.1 Å². The van der Waals surface area contributed by atoms with Gasteiger partial charge in [0, 0.05) is 43.8 Å². The molecule has 4 heterocycles. The molecule has 1 aromatic carbocycles. The molecule has 0 radical (unpaired) electrons. The standard InChI is InChI=1S/C23H28FN7O3/c1-13-11-30(14(2)10-25-13)22(34)29-7-8-31-18-9-17(15-5-4-6-16(24)19(15)32)27-28-20(18)26-21(33)23(31,3)12-29/h4-6,9,13-14,25,32H,7-8,10-12H2,1-3H3,(H,26,28,33)/t13-,14+,23?/m0/s1. The largest absolute Gasteiger partial charge is 0.504 e. The number of aromatic nitrogens is 2. The van der Waals surface area contributed by atoms with Gasteiger partial charge in [0.25, 0.3) is 5.91 Å². The second-order valence-corrected chi connectivity index (χ2v) is 9.49. The lowest BCUT2D eigenvalue weighted by atomic mass is 9.91. The van der Waals surface area contributed by atoms with Crippen molar-refractivity contribution in [3.63, 3.8) is 0 Å². The summed E-state index contributed by atoms with van der Waals surface area (Å²) in [6.07, 6.45) is 0. The molecule has 3 N–H and O–H groups in total. The normalized spacial score (nSPS) is 26.6. The lowest BCUT2D eigenvalue weighted by molar-refractivity contribution is -0.122. The minimum absolute atomic E-state index is 0.0622. The number of para-hydroxylation sites is 1. The molecule has 0 aliphatic carbocycles. The molecule has 2 fully saturated rings. The fourth-order valence-electron chi connectivity index (χ4n) is 4.99. The van der Waals surface area contributed by atoms with E-state index in [1.54, 1.807) is 24.0 Å². The van der Waals surface area contributed by atoms with Crippen LogP contribution in [0.15, 0.2) is 24.3 Å². The number of halogens is 1. The van der Waals surface area contributed by atoms with Gasteiger partial charge in [-0.2, -0.15) is 0 Å². The summed E-state index contributed by atoms with van der Waals surface area (Å²) in [4.78, 5) is 32.1. The molecule has 3 atom stereocenters. The molecule has 10 nitrogen and oxygen atoms in total. The number of hydrogen-bond acceptors (Lipinski definition) is 7. The van der Waals surface area contributed by atoms with Crippen LogP contribution in [0.25, 0.3) is 11.3 Å². The zero-order valence-corrected chi connectivity index (χ0v) is 19.4. The van der Waals surface area contributed by atoms with E-state index in [1.165, 1.54) is 6.07 Å². The Morgan fingerprint density at radius 1 is 1.26 bits per heavy atom. The molecule has 11 heteroatoms. The Hall–Kier alpha value is -3.47. The highest BCUT2D eigenvalue weighted by Crippen LogP contribution is 2.40. The van der Waals surface area contributed by atoms with Gasteiger partial charge in [0.1, 0.15) is 5.54 Å². The first kappa shape index (κ1) is 22.3. The molecule has 1 unspecified atom stereocenters. The third-order valence-corrected chi connectivity index (χ3v) is 7.02. The molecule has 5 rings (SSSR count). The summed E-state index contributed by atoms with van der Waals surface area (Å²) in [5, 5.41) is 24.6. The van der Waals surface area contributed by atoms with E-state index in [-0.39, 0.29) is 41.8 Å². The number of amides is 3. The van der Waals surface area contributed by atoms with Gasteiger partial charge < -0.3 is 30.4 Å². The topological polar surface area (TPSA) is 114 Å². The lowest BCUT2D eigenvalue weighted by Crippen LogP contribution is -2.70. The number of phenols is 1. The minimum Gasteiger partial charge on any atom is -0.504 e. The molecule has 0 bridgehead atoms. The molecular formula is C23H28FN7O3. The van der Waals surface area contributed by atoms with E-state index in [9.17, 15) is 19.1 Å². The second-order valence-electron chi connectivity index (χ2n) is 9.49. The maximum Gasteiger partial charge on any atom is 0.320 e. The Bertz CT molecular complexity index is 1160. The van der Waals surface area contributed by atoms with Crippen molar-refractivity contribution in [3.05, 3.63) is 30.1 Å². The van der Waals surface area contributed by atoms with E-state index in [4.69, 9.17) is 0 Å².